The summed E-state index contributed by atoms with van der Waals surface area (Å²) in [5.74, 6) is -0.769. The molecule has 0 bridgehead atoms. The summed E-state index contributed by atoms with van der Waals surface area (Å²) in [6.45, 7) is 3.66. The number of amides is 2. The minimum atomic E-state index is -4.43. The van der Waals surface area contributed by atoms with E-state index in [0.717, 1.165) is 12.1 Å². The fourth-order valence-electron chi connectivity index (χ4n) is 4.66. The largest absolute Gasteiger partial charge is 0.416 e. The van der Waals surface area contributed by atoms with Gasteiger partial charge >= 0.3 is 6.18 Å². The molecule has 0 saturated carbocycles. The van der Waals surface area contributed by atoms with Crippen LogP contribution in [0.1, 0.15) is 36.9 Å². The van der Waals surface area contributed by atoms with Gasteiger partial charge in [-0.2, -0.15) is 13.2 Å². The second kappa shape index (κ2) is 10.2. The lowest BCUT2D eigenvalue weighted by atomic mass is 10.0. The fraction of sp³-hybridized carbons (Fsp3) is 0.346. The second-order valence-electron chi connectivity index (χ2n) is 9.21. The number of thiazole rings is 1. The first kappa shape index (κ1) is 25.3. The third-order valence-electron chi connectivity index (χ3n) is 6.85. The minimum Gasteiger partial charge on any atom is -0.336 e. The molecule has 37 heavy (non-hydrogen) atoms. The number of carbonyl (C=O) groups is 2. The third-order valence-corrected chi connectivity index (χ3v) is 7.61. The molecule has 194 valence electrons. The highest BCUT2D eigenvalue weighted by Crippen LogP contribution is 2.29. The van der Waals surface area contributed by atoms with Gasteiger partial charge in [0.05, 0.1) is 5.56 Å². The van der Waals surface area contributed by atoms with Gasteiger partial charge in [0.25, 0.3) is 11.8 Å². The van der Waals surface area contributed by atoms with Crippen LogP contribution in [-0.4, -0.2) is 76.8 Å². The quantitative estimate of drug-likeness (QED) is 0.463. The Morgan fingerprint density at radius 3 is 2.27 bits per heavy atom. The average Bonchev–Trinajstić information content (AvgIpc) is 3.39. The predicted molar refractivity (Wildman–Crippen MR) is 130 cm³/mol. The maximum atomic E-state index is 14.5. The molecule has 3 heterocycles. The van der Waals surface area contributed by atoms with Crippen molar-refractivity contribution in [1.29, 1.82) is 0 Å². The Morgan fingerprint density at radius 2 is 1.65 bits per heavy atom. The molecule has 6 nitrogen and oxygen atoms in total. The van der Waals surface area contributed by atoms with E-state index in [1.165, 1.54) is 41.7 Å². The van der Waals surface area contributed by atoms with E-state index in [4.69, 9.17) is 0 Å². The second-order valence-corrected chi connectivity index (χ2v) is 10.1. The summed E-state index contributed by atoms with van der Waals surface area (Å²) >= 11 is 1.33. The zero-order chi connectivity index (χ0) is 26.2. The van der Waals surface area contributed by atoms with Crippen LogP contribution in [0, 0.1) is 5.82 Å². The van der Waals surface area contributed by atoms with Crippen molar-refractivity contribution in [2.45, 2.75) is 18.6 Å². The SMILES string of the molecule is O=C(c1ccc(F)c(Cc2ccc(C(F)(F)F)cc2)c1)N1CCN(C2CN(C(=O)c3nccs3)C2)CC1. The summed E-state index contributed by atoms with van der Waals surface area (Å²) < 4.78 is 52.9. The van der Waals surface area contributed by atoms with Crippen LogP contribution in [0.2, 0.25) is 0 Å². The molecular weight excluding hydrogens is 508 g/mol. The van der Waals surface area contributed by atoms with E-state index in [1.807, 2.05) is 0 Å². The molecule has 1 aromatic heterocycles. The van der Waals surface area contributed by atoms with Crippen LogP contribution >= 0.6 is 11.3 Å². The maximum absolute atomic E-state index is 14.5. The Balaban J connectivity index is 1.16. The zero-order valence-electron chi connectivity index (χ0n) is 19.7. The van der Waals surface area contributed by atoms with Gasteiger partial charge in [-0.25, -0.2) is 9.37 Å². The number of likely N-dealkylation sites (tertiary alicyclic amines) is 1. The maximum Gasteiger partial charge on any atom is 0.416 e. The number of nitrogens with zero attached hydrogens (tertiary/aromatic N) is 4. The van der Waals surface area contributed by atoms with Crippen molar-refractivity contribution in [2.75, 3.05) is 39.3 Å². The molecule has 0 radical (unpaired) electrons. The summed E-state index contributed by atoms with van der Waals surface area (Å²) in [4.78, 5) is 35.3. The number of rotatable bonds is 5. The molecule has 0 aliphatic carbocycles. The van der Waals surface area contributed by atoms with Crippen LogP contribution in [0.4, 0.5) is 17.6 Å². The number of alkyl halides is 3. The van der Waals surface area contributed by atoms with E-state index in [-0.39, 0.29) is 29.8 Å². The van der Waals surface area contributed by atoms with E-state index >= 15 is 0 Å². The van der Waals surface area contributed by atoms with Crippen molar-refractivity contribution >= 4 is 23.2 Å². The normalized spacial score (nSPS) is 17.1. The van der Waals surface area contributed by atoms with Crippen molar-refractivity contribution < 1.29 is 27.2 Å². The van der Waals surface area contributed by atoms with Gasteiger partial charge in [0, 0.05) is 68.9 Å². The summed E-state index contributed by atoms with van der Waals surface area (Å²) in [5, 5.41) is 2.27. The first-order valence-electron chi connectivity index (χ1n) is 11.9. The van der Waals surface area contributed by atoms with E-state index in [9.17, 15) is 27.2 Å². The standard InChI is InChI=1S/C26H24F4N4O2S/c27-22-6-3-18(14-19(22)13-17-1-4-20(5-2-17)26(28,29)30)24(35)33-10-8-32(9-11-33)21-15-34(16-21)25(36)23-31-7-12-37-23/h1-7,12,14,21H,8-11,13,15-16H2. The van der Waals surface area contributed by atoms with Crippen molar-refractivity contribution in [3.05, 3.63) is 87.1 Å². The first-order chi connectivity index (χ1) is 17.7. The number of hydrogen-bond acceptors (Lipinski definition) is 5. The number of hydrogen-bond donors (Lipinski definition) is 0. The Morgan fingerprint density at radius 1 is 0.946 bits per heavy atom. The van der Waals surface area contributed by atoms with Crippen molar-refractivity contribution in [3.8, 4) is 0 Å². The van der Waals surface area contributed by atoms with Crippen LogP contribution in [0.5, 0.6) is 0 Å². The average molecular weight is 533 g/mol. The molecule has 2 saturated heterocycles. The van der Waals surface area contributed by atoms with Gasteiger partial charge in [0.2, 0.25) is 0 Å². The molecule has 3 aromatic rings. The highest BCUT2D eigenvalue weighted by molar-refractivity contribution is 7.11. The summed E-state index contributed by atoms with van der Waals surface area (Å²) in [6, 6.07) is 8.98. The summed E-state index contributed by atoms with van der Waals surface area (Å²) in [6.07, 6.45) is -2.74. The van der Waals surface area contributed by atoms with Crippen molar-refractivity contribution in [2.24, 2.45) is 0 Å². The molecule has 0 atom stereocenters. The predicted octanol–water partition coefficient (Wildman–Crippen LogP) is 4.17. The lowest BCUT2D eigenvalue weighted by molar-refractivity contribution is -0.137. The number of aromatic nitrogens is 1. The first-order valence-corrected chi connectivity index (χ1v) is 12.7. The summed E-state index contributed by atoms with van der Waals surface area (Å²) in [7, 11) is 0. The molecule has 2 aromatic carbocycles. The molecule has 0 spiro atoms. The molecule has 5 rings (SSSR count). The molecule has 2 amide bonds. The molecule has 2 aliphatic rings. The lowest BCUT2D eigenvalue weighted by Crippen LogP contribution is -2.64. The van der Waals surface area contributed by atoms with E-state index in [1.54, 1.807) is 21.4 Å². The molecule has 2 fully saturated rings. The van der Waals surface area contributed by atoms with Crippen LogP contribution < -0.4 is 0 Å². The van der Waals surface area contributed by atoms with Crippen molar-refractivity contribution in [1.82, 2.24) is 19.7 Å². The van der Waals surface area contributed by atoms with Gasteiger partial charge in [0.1, 0.15) is 5.82 Å². The van der Waals surface area contributed by atoms with Crippen LogP contribution in [-0.2, 0) is 12.6 Å². The van der Waals surface area contributed by atoms with Gasteiger partial charge in [-0.1, -0.05) is 12.1 Å². The molecule has 0 N–H and O–H groups in total. The lowest BCUT2D eigenvalue weighted by Gasteiger charge is -2.47. The van der Waals surface area contributed by atoms with Gasteiger partial charge < -0.3 is 9.80 Å². The molecular formula is C26H24F4N4O2S. The number of halogens is 4. The molecule has 11 heteroatoms. The number of piperazine rings is 1. The topological polar surface area (TPSA) is 56.8 Å². The third kappa shape index (κ3) is 5.52. The monoisotopic (exact) mass is 532 g/mol. The molecule has 0 unspecified atom stereocenters. The Bertz CT molecular complexity index is 1270. The van der Waals surface area contributed by atoms with Gasteiger partial charge in [-0.15, -0.1) is 11.3 Å². The highest BCUT2D eigenvalue weighted by atomic mass is 32.1. The fourth-order valence-corrected chi connectivity index (χ4v) is 5.27. The number of carbonyl (C=O) groups excluding carboxylic acids is 2. The highest BCUT2D eigenvalue weighted by Gasteiger charge is 2.37. The number of benzene rings is 2. The van der Waals surface area contributed by atoms with E-state index in [2.05, 4.69) is 9.88 Å². The van der Waals surface area contributed by atoms with Gasteiger partial charge in [-0.3, -0.25) is 14.5 Å². The van der Waals surface area contributed by atoms with Gasteiger partial charge in [-0.05, 0) is 41.5 Å². The zero-order valence-corrected chi connectivity index (χ0v) is 20.6. The Labute approximate surface area is 215 Å². The van der Waals surface area contributed by atoms with E-state index in [0.29, 0.717) is 55.4 Å². The molecule has 2 aliphatic heterocycles. The smallest absolute Gasteiger partial charge is 0.336 e. The minimum absolute atomic E-state index is 0.0523. The van der Waals surface area contributed by atoms with Gasteiger partial charge in [0.15, 0.2) is 5.01 Å². The van der Waals surface area contributed by atoms with Crippen LogP contribution in [0.15, 0.2) is 54.0 Å². The van der Waals surface area contributed by atoms with E-state index < -0.39 is 17.6 Å². The van der Waals surface area contributed by atoms with Crippen LogP contribution in [0.3, 0.4) is 0 Å². The Hall–Kier alpha value is -3.31. The Kier molecular flexibility index (Phi) is 7.00. The van der Waals surface area contributed by atoms with Crippen molar-refractivity contribution in [3.63, 3.8) is 0 Å². The summed E-state index contributed by atoms with van der Waals surface area (Å²) in [5.41, 5.74) is 0.359. The van der Waals surface area contributed by atoms with Crippen LogP contribution in [0.25, 0.3) is 0 Å².